The van der Waals surface area contributed by atoms with Gasteiger partial charge in [0.1, 0.15) is 28.8 Å². The molecule has 2 heterocycles. The van der Waals surface area contributed by atoms with Crippen molar-refractivity contribution in [3.8, 4) is 11.3 Å². The van der Waals surface area contributed by atoms with Crippen LogP contribution in [-0.4, -0.2) is 21.0 Å². The Morgan fingerprint density at radius 2 is 1.81 bits per heavy atom. The Hall–Kier alpha value is -3.26. The molecule has 0 aliphatic carbocycles. The summed E-state index contributed by atoms with van der Waals surface area (Å²) in [6, 6.07) is 6.94. The number of carbonyl (C=O) groups excluding carboxylic acids is 1. The van der Waals surface area contributed by atoms with Crippen LogP contribution < -0.4 is 5.32 Å². The normalized spacial score (nSPS) is 10.6. The average molecular weight is 359 g/mol. The molecule has 0 spiro atoms. The third kappa shape index (κ3) is 3.55. The molecule has 1 amide bonds. The van der Waals surface area contributed by atoms with Crippen molar-refractivity contribution in [2.24, 2.45) is 0 Å². The molecule has 0 aliphatic heterocycles. The van der Waals surface area contributed by atoms with E-state index in [0.29, 0.717) is 5.69 Å². The standard InChI is InChI=1S/C18H12F3N3O2/c19-12-3-4-15(18(26)23-11-2-1-5-22-8-11)24-17(12)16-13(20)6-10(9-25)7-14(16)21/h1-8,25H,9H2,(H,23,26). The Bertz CT molecular complexity index is 942. The largest absolute Gasteiger partial charge is 0.392 e. The number of hydrogen-bond donors (Lipinski definition) is 2. The van der Waals surface area contributed by atoms with Crippen LogP contribution in [0.5, 0.6) is 0 Å². The lowest BCUT2D eigenvalue weighted by atomic mass is 10.1. The molecule has 0 saturated heterocycles. The first-order valence-electron chi connectivity index (χ1n) is 7.46. The first kappa shape index (κ1) is 17.6. The van der Waals surface area contributed by atoms with E-state index in [1.807, 2.05) is 0 Å². The summed E-state index contributed by atoms with van der Waals surface area (Å²) >= 11 is 0. The summed E-state index contributed by atoms with van der Waals surface area (Å²) in [5.74, 6) is -3.86. The molecular formula is C18H12F3N3O2. The van der Waals surface area contributed by atoms with Gasteiger partial charge in [-0.05, 0) is 42.0 Å². The van der Waals surface area contributed by atoms with Gasteiger partial charge in [-0.1, -0.05) is 0 Å². The molecule has 3 aromatic rings. The topological polar surface area (TPSA) is 75.1 Å². The number of halogens is 3. The van der Waals surface area contributed by atoms with Crippen molar-refractivity contribution in [2.45, 2.75) is 6.61 Å². The van der Waals surface area contributed by atoms with Crippen molar-refractivity contribution in [1.29, 1.82) is 0 Å². The fourth-order valence-corrected chi connectivity index (χ4v) is 2.32. The van der Waals surface area contributed by atoms with E-state index in [2.05, 4.69) is 15.3 Å². The molecular weight excluding hydrogens is 347 g/mol. The predicted molar refractivity (Wildman–Crippen MR) is 87.7 cm³/mol. The van der Waals surface area contributed by atoms with Gasteiger partial charge in [0, 0.05) is 6.20 Å². The molecule has 0 bridgehead atoms. The van der Waals surface area contributed by atoms with Crippen molar-refractivity contribution < 1.29 is 23.1 Å². The number of nitrogens with zero attached hydrogens (tertiary/aromatic N) is 2. The van der Waals surface area contributed by atoms with Crippen LogP contribution in [0.3, 0.4) is 0 Å². The molecule has 1 aromatic carbocycles. The van der Waals surface area contributed by atoms with Crippen LogP contribution in [0.2, 0.25) is 0 Å². The van der Waals surface area contributed by atoms with Gasteiger partial charge in [0.25, 0.3) is 5.91 Å². The van der Waals surface area contributed by atoms with E-state index in [1.54, 1.807) is 12.1 Å². The minimum absolute atomic E-state index is 0.00497. The predicted octanol–water partition coefficient (Wildman–Crippen LogP) is 3.31. The van der Waals surface area contributed by atoms with Gasteiger partial charge >= 0.3 is 0 Å². The van der Waals surface area contributed by atoms with E-state index < -0.39 is 41.2 Å². The molecule has 26 heavy (non-hydrogen) atoms. The molecule has 5 nitrogen and oxygen atoms in total. The van der Waals surface area contributed by atoms with E-state index in [9.17, 15) is 18.0 Å². The first-order chi connectivity index (χ1) is 12.5. The highest BCUT2D eigenvalue weighted by atomic mass is 19.1. The van der Waals surface area contributed by atoms with E-state index in [1.165, 1.54) is 12.4 Å². The highest BCUT2D eigenvalue weighted by Crippen LogP contribution is 2.28. The molecule has 0 unspecified atom stereocenters. The molecule has 0 radical (unpaired) electrons. The average Bonchev–Trinajstić information content (AvgIpc) is 2.63. The highest BCUT2D eigenvalue weighted by molar-refractivity contribution is 6.03. The second-order valence-electron chi connectivity index (χ2n) is 5.32. The number of amides is 1. The van der Waals surface area contributed by atoms with Crippen LogP contribution in [0, 0.1) is 17.5 Å². The van der Waals surface area contributed by atoms with Crippen LogP contribution in [-0.2, 0) is 6.61 Å². The maximum atomic E-state index is 14.2. The van der Waals surface area contributed by atoms with Gasteiger partial charge in [0.05, 0.1) is 24.1 Å². The number of rotatable bonds is 4. The molecule has 2 N–H and O–H groups in total. The number of aliphatic hydroxyl groups excluding tert-OH is 1. The van der Waals surface area contributed by atoms with Crippen molar-refractivity contribution in [2.75, 3.05) is 5.32 Å². The summed E-state index contributed by atoms with van der Waals surface area (Å²) in [5, 5.41) is 11.5. The zero-order valence-electron chi connectivity index (χ0n) is 13.2. The number of aliphatic hydroxyl groups is 1. The van der Waals surface area contributed by atoms with Crippen LogP contribution in [0.25, 0.3) is 11.3 Å². The maximum absolute atomic E-state index is 14.2. The highest BCUT2D eigenvalue weighted by Gasteiger charge is 2.20. The number of aromatic nitrogens is 2. The van der Waals surface area contributed by atoms with Crippen LogP contribution in [0.1, 0.15) is 16.1 Å². The van der Waals surface area contributed by atoms with Crippen LogP contribution >= 0.6 is 0 Å². The molecule has 8 heteroatoms. The van der Waals surface area contributed by atoms with Gasteiger partial charge in [0.2, 0.25) is 0 Å². The van der Waals surface area contributed by atoms with Gasteiger partial charge in [-0.2, -0.15) is 0 Å². The quantitative estimate of drug-likeness (QED) is 0.750. The fraction of sp³-hybridized carbons (Fsp3) is 0.0556. The number of anilines is 1. The zero-order chi connectivity index (χ0) is 18.7. The van der Waals surface area contributed by atoms with Gasteiger partial charge in [0.15, 0.2) is 0 Å². The van der Waals surface area contributed by atoms with Crippen molar-refractivity contribution >= 4 is 11.6 Å². The minimum Gasteiger partial charge on any atom is -0.392 e. The zero-order valence-corrected chi connectivity index (χ0v) is 13.2. The molecule has 0 atom stereocenters. The summed E-state index contributed by atoms with van der Waals surface area (Å²) in [4.78, 5) is 19.8. The van der Waals surface area contributed by atoms with Crippen molar-refractivity contribution in [3.05, 3.63) is 77.5 Å². The molecule has 0 aliphatic rings. The summed E-state index contributed by atoms with van der Waals surface area (Å²) in [6.45, 7) is -0.572. The van der Waals surface area contributed by atoms with Gasteiger partial charge in [-0.3, -0.25) is 9.78 Å². The summed E-state index contributed by atoms with van der Waals surface area (Å²) in [7, 11) is 0. The second kappa shape index (κ2) is 7.32. The smallest absolute Gasteiger partial charge is 0.274 e. The Kier molecular flexibility index (Phi) is 4.94. The molecule has 132 valence electrons. The Morgan fingerprint density at radius 1 is 1.08 bits per heavy atom. The van der Waals surface area contributed by atoms with Crippen LogP contribution in [0.15, 0.2) is 48.8 Å². The van der Waals surface area contributed by atoms with Gasteiger partial charge in [-0.15, -0.1) is 0 Å². The van der Waals surface area contributed by atoms with E-state index >= 15 is 0 Å². The minimum atomic E-state index is -1.09. The lowest BCUT2D eigenvalue weighted by Crippen LogP contribution is -2.15. The molecule has 0 fully saturated rings. The SMILES string of the molecule is O=C(Nc1cccnc1)c1ccc(F)c(-c2c(F)cc(CO)cc2F)n1. The van der Waals surface area contributed by atoms with E-state index in [-0.39, 0.29) is 11.3 Å². The monoisotopic (exact) mass is 359 g/mol. The van der Waals surface area contributed by atoms with Gasteiger partial charge < -0.3 is 10.4 Å². The van der Waals surface area contributed by atoms with E-state index in [0.717, 1.165) is 24.3 Å². The third-order valence-corrected chi connectivity index (χ3v) is 3.52. The van der Waals surface area contributed by atoms with Gasteiger partial charge in [-0.25, -0.2) is 18.2 Å². The Morgan fingerprint density at radius 3 is 2.42 bits per heavy atom. The first-order valence-corrected chi connectivity index (χ1v) is 7.46. The lowest BCUT2D eigenvalue weighted by Gasteiger charge is -2.10. The molecule has 0 saturated carbocycles. The number of nitrogens with one attached hydrogen (secondary N) is 1. The molecule has 2 aromatic heterocycles. The molecule has 3 rings (SSSR count). The number of hydrogen-bond acceptors (Lipinski definition) is 4. The summed E-state index contributed by atoms with van der Waals surface area (Å²) in [5.41, 5.74) is -1.20. The van der Waals surface area contributed by atoms with E-state index in [4.69, 9.17) is 5.11 Å². The van der Waals surface area contributed by atoms with Crippen LogP contribution in [0.4, 0.5) is 18.9 Å². The summed E-state index contributed by atoms with van der Waals surface area (Å²) < 4.78 is 42.5. The number of pyridine rings is 2. The van der Waals surface area contributed by atoms with Crippen molar-refractivity contribution in [3.63, 3.8) is 0 Å². The summed E-state index contributed by atoms with van der Waals surface area (Å²) in [6.07, 6.45) is 2.92. The van der Waals surface area contributed by atoms with Crippen molar-refractivity contribution in [1.82, 2.24) is 9.97 Å². The Labute approximate surface area is 146 Å². The fourth-order valence-electron chi connectivity index (χ4n) is 2.32. The maximum Gasteiger partial charge on any atom is 0.274 e. The second-order valence-corrected chi connectivity index (χ2v) is 5.32. The lowest BCUT2D eigenvalue weighted by molar-refractivity contribution is 0.102. The third-order valence-electron chi connectivity index (χ3n) is 3.52. The Balaban J connectivity index is 2.00. The number of carbonyl (C=O) groups is 1. The number of benzene rings is 1.